The van der Waals surface area contributed by atoms with Crippen molar-refractivity contribution in [3.8, 4) is 0 Å². The number of nitrogens with zero attached hydrogens (tertiary/aromatic N) is 1. The molecule has 0 saturated carbocycles. The van der Waals surface area contributed by atoms with Gasteiger partial charge in [0, 0.05) is 36.3 Å². The van der Waals surface area contributed by atoms with E-state index in [1.54, 1.807) is 54.8 Å². The van der Waals surface area contributed by atoms with Crippen molar-refractivity contribution in [3.63, 3.8) is 0 Å². The van der Waals surface area contributed by atoms with Gasteiger partial charge in [0.1, 0.15) is 5.76 Å². The van der Waals surface area contributed by atoms with Gasteiger partial charge in [-0.15, -0.1) is 0 Å². The van der Waals surface area contributed by atoms with Crippen LogP contribution in [0.2, 0.25) is 5.02 Å². The molecule has 0 spiro atoms. The minimum atomic E-state index is -0.118. The van der Waals surface area contributed by atoms with Crippen LogP contribution in [-0.2, 0) is 4.79 Å². The lowest BCUT2D eigenvalue weighted by Gasteiger charge is -2.31. The van der Waals surface area contributed by atoms with Crippen LogP contribution in [-0.4, -0.2) is 36.3 Å². The number of amides is 2. The van der Waals surface area contributed by atoms with E-state index in [0.29, 0.717) is 41.9 Å². The summed E-state index contributed by atoms with van der Waals surface area (Å²) < 4.78 is 5.18. The lowest BCUT2D eigenvalue weighted by atomic mass is 9.96. The summed E-state index contributed by atoms with van der Waals surface area (Å²) >= 11 is 5.91. The van der Waals surface area contributed by atoms with Crippen molar-refractivity contribution in [2.24, 2.45) is 5.92 Å². The highest BCUT2D eigenvalue weighted by atomic mass is 35.5. The van der Waals surface area contributed by atoms with Gasteiger partial charge in [0.2, 0.25) is 5.91 Å². The summed E-state index contributed by atoms with van der Waals surface area (Å²) in [5, 5.41) is 3.50. The van der Waals surface area contributed by atoms with Gasteiger partial charge in [0.25, 0.3) is 5.91 Å². The predicted octanol–water partition coefficient (Wildman–Crippen LogP) is 3.61. The van der Waals surface area contributed by atoms with Gasteiger partial charge < -0.3 is 14.6 Å². The largest absolute Gasteiger partial charge is 0.465 e. The Morgan fingerprint density at radius 2 is 2.04 bits per heavy atom. The van der Waals surface area contributed by atoms with Gasteiger partial charge in [-0.25, -0.2) is 0 Å². The van der Waals surface area contributed by atoms with Crippen LogP contribution in [0.25, 0.3) is 6.08 Å². The van der Waals surface area contributed by atoms with Crippen LogP contribution in [0.3, 0.4) is 0 Å². The van der Waals surface area contributed by atoms with E-state index in [2.05, 4.69) is 5.32 Å². The van der Waals surface area contributed by atoms with E-state index in [9.17, 15) is 9.59 Å². The number of hydrogen-bond acceptors (Lipinski definition) is 3. The van der Waals surface area contributed by atoms with Gasteiger partial charge in [-0.3, -0.25) is 9.59 Å². The third kappa shape index (κ3) is 4.99. The second-order valence-electron chi connectivity index (χ2n) is 6.34. The average molecular weight is 373 g/mol. The number of halogens is 1. The Labute approximate surface area is 157 Å². The molecule has 2 aromatic rings. The van der Waals surface area contributed by atoms with E-state index in [0.717, 1.165) is 12.8 Å². The molecular formula is C20H21ClN2O3. The summed E-state index contributed by atoms with van der Waals surface area (Å²) in [5.74, 6) is 0.906. The van der Waals surface area contributed by atoms with E-state index in [1.165, 1.54) is 0 Å². The number of rotatable bonds is 5. The van der Waals surface area contributed by atoms with Crippen molar-refractivity contribution in [3.05, 3.63) is 65.1 Å². The molecule has 3 rings (SSSR count). The molecule has 136 valence electrons. The van der Waals surface area contributed by atoms with Gasteiger partial charge in [-0.1, -0.05) is 17.7 Å². The van der Waals surface area contributed by atoms with Crippen molar-refractivity contribution >= 4 is 29.5 Å². The normalized spacial score (nSPS) is 15.3. The fraction of sp³-hybridized carbons (Fsp3) is 0.300. The zero-order valence-electron chi connectivity index (χ0n) is 14.4. The van der Waals surface area contributed by atoms with Gasteiger partial charge in [-0.2, -0.15) is 0 Å². The monoisotopic (exact) mass is 372 g/mol. The maximum Gasteiger partial charge on any atom is 0.251 e. The maximum atomic E-state index is 12.2. The van der Waals surface area contributed by atoms with Gasteiger partial charge in [0.05, 0.1) is 6.26 Å². The third-order valence-corrected chi connectivity index (χ3v) is 4.73. The van der Waals surface area contributed by atoms with E-state index in [1.807, 2.05) is 4.90 Å². The summed E-state index contributed by atoms with van der Waals surface area (Å²) in [6, 6.07) is 10.5. The smallest absolute Gasteiger partial charge is 0.251 e. The quantitative estimate of drug-likeness (QED) is 0.815. The molecule has 1 aliphatic rings. The molecule has 0 atom stereocenters. The molecule has 6 heteroatoms. The molecule has 5 nitrogen and oxygen atoms in total. The zero-order chi connectivity index (χ0) is 18.4. The van der Waals surface area contributed by atoms with Crippen LogP contribution in [0.5, 0.6) is 0 Å². The molecule has 1 saturated heterocycles. The third-order valence-electron chi connectivity index (χ3n) is 4.50. The first kappa shape index (κ1) is 18.3. The molecule has 0 bridgehead atoms. The zero-order valence-corrected chi connectivity index (χ0v) is 15.1. The Kier molecular flexibility index (Phi) is 6.12. The Hall–Kier alpha value is -2.53. The molecule has 2 heterocycles. The molecule has 1 N–H and O–H groups in total. The Morgan fingerprint density at radius 1 is 1.23 bits per heavy atom. The van der Waals surface area contributed by atoms with Gasteiger partial charge in [0.15, 0.2) is 0 Å². The van der Waals surface area contributed by atoms with Crippen LogP contribution in [0, 0.1) is 5.92 Å². The number of benzene rings is 1. The van der Waals surface area contributed by atoms with Crippen LogP contribution in [0.15, 0.2) is 53.2 Å². The molecule has 0 unspecified atom stereocenters. The predicted molar refractivity (Wildman–Crippen MR) is 101 cm³/mol. The molecule has 0 radical (unpaired) electrons. The summed E-state index contributed by atoms with van der Waals surface area (Å²) in [5.41, 5.74) is 0.563. The SMILES string of the molecule is O=C(NCC1CCN(C(=O)C=Cc2ccco2)CC1)c1cccc(Cl)c1. The number of likely N-dealkylation sites (tertiary alicyclic amines) is 1. The van der Waals surface area contributed by atoms with E-state index in [4.69, 9.17) is 16.0 Å². The molecule has 1 aromatic carbocycles. The second kappa shape index (κ2) is 8.72. The Bertz CT molecular complexity index is 778. The van der Waals surface area contributed by atoms with E-state index >= 15 is 0 Å². The van der Waals surface area contributed by atoms with Gasteiger partial charge in [-0.05, 0) is 55.2 Å². The molecule has 2 amide bonds. The summed E-state index contributed by atoms with van der Waals surface area (Å²) in [4.78, 5) is 26.2. The molecule has 1 fully saturated rings. The van der Waals surface area contributed by atoms with Crippen molar-refractivity contribution in [2.75, 3.05) is 19.6 Å². The minimum absolute atomic E-state index is 0.0113. The van der Waals surface area contributed by atoms with Crippen LogP contribution >= 0.6 is 11.6 Å². The summed E-state index contributed by atoms with van der Waals surface area (Å²) in [6.45, 7) is 1.99. The minimum Gasteiger partial charge on any atom is -0.465 e. The van der Waals surface area contributed by atoms with Crippen molar-refractivity contribution in [1.82, 2.24) is 10.2 Å². The average Bonchev–Trinajstić information content (AvgIpc) is 3.18. The number of carbonyl (C=O) groups excluding carboxylic acids is 2. The van der Waals surface area contributed by atoms with Crippen molar-refractivity contribution in [1.29, 1.82) is 0 Å². The first-order chi connectivity index (χ1) is 12.6. The highest BCUT2D eigenvalue weighted by Crippen LogP contribution is 2.17. The van der Waals surface area contributed by atoms with Crippen molar-refractivity contribution < 1.29 is 14.0 Å². The summed E-state index contributed by atoms with van der Waals surface area (Å²) in [7, 11) is 0. The van der Waals surface area contributed by atoms with E-state index < -0.39 is 0 Å². The number of piperidine rings is 1. The number of furan rings is 1. The molecule has 0 aliphatic carbocycles. The van der Waals surface area contributed by atoms with Crippen molar-refractivity contribution in [2.45, 2.75) is 12.8 Å². The molecule has 1 aromatic heterocycles. The maximum absolute atomic E-state index is 12.2. The molecule has 1 aliphatic heterocycles. The summed E-state index contributed by atoms with van der Waals surface area (Å²) in [6.07, 6.45) is 6.54. The first-order valence-electron chi connectivity index (χ1n) is 8.66. The van der Waals surface area contributed by atoms with Crippen LogP contribution in [0.1, 0.15) is 29.0 Å². The highest BCUT2D eigenvalue weighted by Gasteiger charge is 2.22. The Morgan fingerprint density at radius 3 is 2.73 bits per heavy atom. The fourth-order valence-electron chi connectivity index (χ4n) is 2.97. The number of nitrogens with one attached hydrogen (secondary N) is 1. The number of hydrogen-bond donors (Lipinski definition) is 1. The first-order valence-corrected chi connectivity index (χ1v) is 9.04. The Balaban J connectivity index is 1.42. The topological polar surface area (TPSA) is 62.6 Å². The van der Waals surface area contributed by atoms with Crippen LogP contribution in [0.4, 0.5) is 0 Å². The lowest BCUT2D eigenvalue weighted by Crippen LogP contribution is -2.40. The fourth-order valence-corrected chi connectivity index (χ4v) is 3.16. The van der Waals surface area contributed by atoms with Gasteiger partial charge >= 0.3 is 0 Å². The standard InChI is InChI=1S/C20H21ClN2O3/c21-17-4-1-3-16(13-17)20(25)22-14-15-8-10-23(11-9-15)19(24)7-6-18-5-2-12-26-18/h1-7,12-13,15H,8-11,14H2,(H,22,25). The lowest BCUT2D eigenvalue weighted by molar-refractivity contribution is -0.127. The highest BCUT2D eigenvalue weighted by molar-refractivity contribution is 6.30. The molecule has 26 heavy (non-hydrogen) atoms. The van der Waals surface area contributed by atoms with Crippen LogP contribution < -0.4 is 5.32 Å². The molecular weight excluding hydrogens is 352 g/mol. The second-order valence-corrected chi connectivity index (χ2v) is 6.77. The van der Waals surface area contributed by atoms with E-state index in [-0.39, 0.29) is 11.8 Å². The number of carbonyl (C=O) groups is 2.